The fourth-order valence-electron chi connectivity index (χ4n) is 3.13. The van der Waals surface area contributed by atoms with Gasteiger partial charge in [-0.15, -0.1) is 0 Å². The van der Waals surface area contributed by atoms with Crippen LogP contribution in [0.25, 0.3) is 0 Å². The summed E-state index contributed by atoms with van der Waals surface area (Å²) in [6.07, 6.45) is 0.370. The van der Waals surface area contributed by atoms with E-state index in [4.69, 9.17) is 0 Å². The summed E-state index contributed by atoms with van der Waals surface area (Å²) in [5.74, 6) is 0.118. The zero-order valence-electron chi connectivity index (χ0n) is 15.4. The van der Waals surface area contributed by atoms with Crippen LogP contribution in [0.2, 0.25) is 0 Å². The number of nitrogens with one attached hydrogen (secondary N) is 1. The minimum absolute atomic E-state index is 0.0170. The molecule has 1 saturated heterocycles. The predicted molar refractivity (Wildman–Crippen MR) is 104 cm³/mol. The molecule has 26 heavy (non-hydrogen) atoms. The molecule has 136 valence electrons. The van der Waals surface area contributed by atoms with E-state index in [-0.39, 0.29) is 11.8 Å². The molecule has 1 aliphatic heterocycles. The quantitative estimate of drug-likeness (QED) is 0.922. The largest absolute Gasteiger partial charge is 0.368 e. The number of amides is 2. The van der Waals surface area contributed by atoms with Crippen LogP contribution in [0, 0.1) is 6.92 Å². The molecule has 0 aliphatic carbocycles. The van der Waals surface area contributed by atoms with Gasteiger partial charge in [-0.25, -0.2) is 0 Å². The number of hydrogen-bond acceptors (Lipinski definition) is 3. The summed E-state index contributed by atoms with van der Waals surface area (Å²) >= 11 is 0. The van der Waals surface area contributed by atoms with Crippen molar-refractivity contribution in [3.8, 4) is 0 Å². The SMILES string of the molecule is CC(=O)N1CCN(c2ccc(NC(=O)Cc3ccc(C)cc3)cc2)CC1. The van der Waals surface area contributed by atoms with Crippen LogP contribution in [0.15, 0.2) is 48.5 Å². The molecule has 0 bridgehead atoms. The maximum Gasteiger partial charge on any atom is 0.228 e. The molecule has 0 saturated carbocycles. The van der Waals surface area contributed by atoms with Gasteiger partial charge in [-0.2, -0.15) is 0 Å². The first-order valence-electron chi connectivity index (χ1n) is 8.97. The van der Waals surface area contributed by atoms with Gasteiger partial charge in [0.25, 0.3) is 0 Å². The van der Waals surface area contributed by atoms with E-state index in [1.54, 1.807) is 6.92 Å². The van der Waals surface area contributed by atoms with Crippen LogP contribution in [-0.2, 0) is 16.0 Å². The molecule has 1 aliphatic rings. The lowest BCUT2D eigenvalue weighted by molar-refractivity contribution is -0.129. The standard InChI is InChI=1S/C21H25N3O2/c1-16-3-5-18(6-4-16)15-21(26)22-19-7-9-20(10-8-19)24-13-11-23(12-14-24)17(2)25/h3-10H,11-15H2,1-2H3,(H,22,26). The van der Waals surface area contributed by atoms with Crippen LogP contribution in [0.3, 0.4) is 0 Å². The minimum atomic E-state index is -0.0170. The van der Waals surface area contributed by atoms with E-state index in [1.165, 1.54) is 5.56 Å². The third-order valence-electron chi connectivity index (χ3n) is 4.73. The van der Waals surface area contributed by atoms with Gasteiger partial charge in [-0.1, -0.05) is 29.8 Å². The lowest BCUT2D eigenvalue weighted by Crippen LogP contribution is -2.48. The van der Waals surface area contributed by atoms with Gasteiger partial charge in [0.2, 0.25) is 11.8 Å². The molecule has 5 nitrogen and oxygen atoms in total. The minimum Gasteiger partial charge on any atom is -0.368 e. The van der Waals surface area contributed by atoms with Crippen LogP contribution < -0.4 is 10.2 Å². The molecule has 2 amide bonds. The average molecular weight is 351 g/mol. The molecule has 0 unspecified atom stereocenters. The molecule has 1 fully saturated rings. The van der Waals surface area contributed by atoms with Gasteiger partial charge in [-0.3, -0.25) is 9.59 Å². The topological polar surface area (TPSA) is 52.7 Å². The second-order valence-corrected chi connectivity index (χ2v) is 6.75. The number of carbonyl (C=O) groups excluding carboxylic acids is 2. The molecule has 1 heterocycles. The van der Waals surface area contributed by atoms with Crippen LogP contribution in [0.1, 0.15) is 18.1 Å². The molecular formula is C21H25N3O2. The highest BCUT2D eigenvalue weighted by atomic mass is 16.2. The number of piperazine rings is 1. The highest BCUT2D eigenvalue weighted by Crippen LogP contribution is 2.20. The van der Waals surface area contributed by atoms with Gasteiger partial charge < -0.3 is 15.1 Å². The number of nitrogens with zero attached hydrogens (tertiary/aromatic N) is 2. The number of rotatable bonds is 4. The highest BCUT2D eigenvalue weighted by Gasteiger charge is 2.18. The first-order valence-corrected chi connectivity index (χ1v) is 8.97. The normalized spacial score (nSPS) is 14.2. The van der Waals surface area contributed by atoms with Gasteiger partial charge in [0, 0.05) is 44.5 Å². The van der Waals surface area contributed by atoms with Crippen molar-refractivity contribution < 1.29 is 9.59 Å². The molecule has 0 radical (unpaired) electrons. The van der Waals surface area contributed by atoms with Crippen LogP contribution in [-0.4, -0.2) is 42.9 Å². The van der Waals surface area contributed by atoms with Crippen molar-refractivity contribution in [3.05, 3.63) is 59.7 Å². The molecule has 5 heteroatoms. The fraction of sp³-hybridized carbons (Fsp3) is 0.333. The molecule has 3 rings (SSSR count). The first-order chi connectivity index (χ1) is 12.5. The number of aryl methyl sites for hydroxylation is 1. The predicted octanol–water partition coefficient (Wildman–Crippen LogP) is 2.84. The van der Waals surface area contributed by atoms with Crippen molar-refractivity contribution in [3.63, 3.8) is 0 Å². The number of anilines is 2. The Kier molecular flexibility index (Phi) is 5.56. The van der Waals surface area contributed by atoms with Crippen molar-refractivity contribution in [1.29, 1.82) is 0 Å². The summed E-state index contributed by atoms with van der Waals surface area (Å²) in [6.45, 7) is 6.82. The van der Waals surface area contributed by atoms with Crippen molar-refractivity contribution in [1.82, 2.24) is 4.90 Å². The molecule has 0 aromatic heterocycles. The van der Waals surface area contributed by atoms with Crippen molar-refractivity contribution >= 4 is 23.2 Å². The van der Waals surface area contributed by atoms with E-state index < -0.39 is 0 Å². The number of benzene rings is 2. The summed E-state index contributed by atoms with van der Waals surface area (Å²) in [5.41, 5.74) is 4.11. The smallest absolute Gasteiger partial charge is 0.228 e. The van der Waals surface area contributed by atoms with Crippen LogP contribution in [0.4, 0.5) is 11.4 Å². The van der Waals surface area contributed by atoms with E-state index in [9.17, 15) is 9.59 Å². The van der Waals surface area contributed by atoms with Crippen molar-refractivity contribution in [2.75, 3.05) is 36.4 Å². The Morgan fingerprint density at radius 1 is 0.923 bits per heavy atom. The van der Waals surface area contributed by atoms with Gasteiger partial charge in [0.1, 0.15) is 0 Å². The number of carbonyl (C=O) groups is 2. The van der Waals surface area contributed by atoms with Crippen molar-refractivity contribution in [2.24, 2.45) is 0 Å². The average Bonchev–Trinajstić information content (AvgIpc) is 2.64. The van der Waals surface area contributed by atoms with E-state index in [2.05, 4.69) is 10.2 Å². The zero-order chi connectivity index (χ0) is 18.5. The Balaban J connectivity index is 1.53. The highest BCUT2D eigenvalue weighted by molar-refractivity contribution is 5.92. The summed E-state index contributed by atoms with van der Waals surface area (Å²) in [7, 11) is 0. The van der Waals surface area contributed by atoms with Crippen LogP contribution in [0.5, 0.6) is 0 Å². The van der Waals surface area contributed by atoms with Crippen molar-refractivity contribution in [2.45, 2.75) is 20.3 Å². The molecule has 0 spiro atoms. The van der Waals surface area contributed by atoms with Gasteiger partial charge in [-0.05, 0) is 36.8 Å². The maximum atomic E-state index is 12.2. The van der Waals surface area contributed by atoms with E-state index in [0.29, 0.717) is 6.42 Å². The third-order valence-corrected chi connectivity index (χ3v) is 4.73. The Bertz CT molecular complexity index is 761. The summed E-state index contributed by atoms with van der Waals surface area (Å²) in [6, 6.07) is 15.9. The molecule has 0 atom stereocenters. The Morgan fingerprint density at radius 2 is 1.54 bits per heavy atom. The summed E-state index contributed by atoms with van der Waals surface area (Å²) in [5, 5.41) is 2.95. The fourth-order valence-corrected chi connectivity index (χ4v) is 3.13. The van der Waals surface area contributed by atoms with E-state index >= 15 is 0 Å². The second-order valence-electron chi connectivity index (χ2n) is 6.75. The van der Waals surface area contributed by atoms with Gasteiger partial charge in [0.05, 0.1) is 6.42 Å². The lowest BCUT2D eigenvalue weighted by Gasteiger charge is -2.35. The zero-order valence-corrected chi connectivity index (χ0v) is 15.4. The van der Waals surface area contributed by atoms with E-state index in [1.807, 2.05) is 60.4 Å². The second kappa shape index (κ2) is 8.04. The van der Waals surface area contributed by atoms with Gasteiger partial charge >= 0.3 is 0 Å². The van der Waals surface area contributed by atoms with Crippen LogP contribution >= 0.6 is 0 Å². The molecule has 2 aromatic rings. The Morgan fingerprint density at radius 3 is 2.12 bits per heavy atom. The monoisotopic (exact) mass is 351 g/mol. The molecule has 2 aromatic carbocycles. The first kappa shape index (κ1) is 18.0. The maximum absolute atomic E-state index is 12.2. The van der Waals surface area contributed by atoms with E-state index in [0.717, 1.165) is 43.1 Å². The van der Waals surface area contributed by atoms with Gasteiger partial charge in [0.15, 0.2) is 0 Å². The summed E-state index contributed by atoms with van der Waals surface area (Å²) in [4.78, 5) is 27.7. The Hall–Kier alpha value is -2.82. The molecule has 1 N–H and O–H groups in total. The lowest BCUT2D eigenvalue weighted by atomic mass is 10.1. The Labute approximate surface area is 154 Å². The molecular weight excluding hydrogens is 326 g/mol. The number of hydrogen-bond donors (Lipinski definition) is 1. The summed E-state index contributed by atoms with van der Waals surface area (Å²) < 4.78 is 0. The third kappa shape index (κ3) is 4.63.